The standard InChI is InChI=1S/C15H17NO/c17-16-14-9-13-11(12-6-7-15(12,13)14)8-10-4-2-1-3-5-10/h1-5,11-13,17H,6-9H2/b16-14+. The van der Waals surface area contributed by atoms with Gasteiger partial charge in [-0.2, -0.15) is 0 Å². The first-order valence-corrected chi connectivity index (χ1v) is 6.61. The van der Waals surface area contributed by atoms with Gasteiger partial charge in [0.2, 0.25) is 0 Å². The molecular weight excluding hydrogens is 210 g/mol. The summed E-state index contributed by atoms with van der Waals surface area (Å²) in [5.41, 5.74) is 2.93. The predicted molar refractivity (Wildman–Crippen MR) is 66.1 cm³/mol. The Bertz CT molecular complexity index is 473. The lowest BCUT2D eigenvalue weighted by molar-refractivity contribution is -0.180. The van der Waals surface area contributed by atoms with Crippen LogP contribution in [0.3, 0.4) is 0 Å². The summed E-state index contributed by atoms with van der Waals surface area (Å²) in [6, 6.07) is 10.8. The summed E-state index contributed by atoms with van der Waals surface area (Å²) in [7, 11) is 0. The third-order valence-corrected chi connectivity index (χ3v) is 5.61. The summed E-state index contributed by atoms with van der Waals surface area (Å²) in [6.07, 6.45) is 4.88. The van der Waals surface area contributed by atoms with E-state index in [1.807, 2.05) is 0 Å². The second kappa shape index (κ2) is 3.12. The minimum absolute atomic E-state index is 0.369. The molecule has 1 aromatic rings. The fourth-order valence-electron chi connectivity index (χ4n) is 4.70. The normalized spacial score (nSPS) is 44.0. The molecule has 0 amide bonds. The first-order chi connectivity index (χ1) is 8.36. The molecule has 3 aliphatic rings. The number of hydrogen-bond donors (Lipinski definition) is 1. The van der Waals surface area contributed by atoms with Gasteiger partial charge in [-0.3, -0.25) is 0 Å². The second-order valence-corrected chi connectivity index (χ2v) is 5.90. The van der Waals surface area contributed by atoms with Crippen LogP contribution in [0.4, 0.5) is 0 Å². The largest absolute Gasteiger partial charge is 0.411 e. The fraction of sp³-hybridized carbons (Fsp3) is 0.533. The van der Waals surface area contributed by atoms with Crippen LogP contribution < -0.4 is 0 Å². The molecule has 1 N–H and O–H groups in total. The van der Waals surface area contributed by atoms with E-state index in [1.165, 1.54) is 24.8 Å². The molecule has 2 nitrogen and oxygen atoms in total. The highest BCUT2D eigenvalue weighted by Crippen LogP contribution is 2.76. The lowest BCUT2D eigenvalue weighted by Gasteiger charge is -2.75. The Balaban J connectivity index is 1.53. The number of rotatable bonds is 2. The van der Waals surface area contributed by atoms with Crippen molar-refractivity contribution in [2.45, 2.75) is 25.7 Å². The van der Waals surface area contributed by atoms with Crippen molar-refractivity contribution in [1.82, 2.24) is 0 Å². The van der Waals surface area contributed by atoms with E-state index in [9.17, 15) is 0 Å². The second-order valence-electron chi connectivity index (χ2n) is 5.90. The highest BCUT2D eigenvalue weighted by atomic mass is 16.4. The maximum Gasteiger partial charge on any atom is 0.0641 e. The van der Waals surface area contributed by atoms with E-state index in [1.54, 1.807) is 0 Å². The molecule has 0 aliphatic heterocycles. The average molecular weight is 227 g/mol. The Morgan fingerprint density at radius 2 is 2.06 bits per heavy atom. The van der Waals surface area contributed by atoms with Crippen LogP contribution in [0.15, 0.2) is 35.5 Å². The Morgan fingerprint density at radius 3 is 2.65 bits per heavy atom. The van der Waals surface area contributed by atoms with Gasteiger partial charge in [-0.05, 0) is 49.0 Å². The highest BCUT2D eigenvalue weighted by Gasteiger charge is 2.74. The van der Waals surface area contributed by atoms with Gasteiger partial charge in [-0.1, -0.05) is 35.5 Å². The van der Waals surface area contributed by atoms with Gasteiger partial charge in [0.25, 0.3) is 0 Å². The Hall–Kier alpha value is -1.31. The van der Waals surface area contributed by atoms with Crippen molar-refractivity contribution in [3.05, 3.63) is 35.9 Å². The number of oxime groups is 1. The molecule has 0 bridgehead atoms. The predicted octanol–water partition coefficient (Wildman–Crippen LogP) is 3.11. The van der Waals surface area contributed by atoms with E-state index in [-0.39, 0.29) is 0 Å². The third kappa shape index (κ3) is 0.998. The molecule has 4 unspecified atom stereocenters. The van der Waals surface area contributed by atoms with Gasteiger partial charge in [0.05, 0.1) is 5.71 Å². The molecule has 1 spiro atoms. The molecule has 0 heterocycles. The SMILES string of the molecule is O/N=C1\CC2C(Cc3ccccc3)C3CCC132. The Morgan fingerprint density at radius 1 is 1.24 bits per heavy atom. The van der Waals surface area contributed by atoms with Crippen LogP contribution in [-0.2, 0) is 6.42 Å². The zero-order valence-electron chi connectivity index (χ0n) is 9.84. The molecule has 0 radical (unpaired) electrons. The summed E-state index contributed by atoms with van der Waals surface area (Å²) >= 11 is 0. The van der Waals surface area contributed by atoms with Crippen molar-refractivity contribution in [3.8, 4) is 0 Å². The molecule has 2 heteroatoms. The Labute approximate surface area is 101 Å². The van der Waals surface area contributed by atoms with Crippen molar-refractivity contribution < 1.29 is 5.21 Å². The van der Waals surface area contributed by atoms with E-state index in [0.717, 1.165) is 29.9 Å². The van der Waals surface area contributed by atoms with E-state index in [2.05, 4.69) is 35.5 Å². The van der Waals surface area contributed by atoms with E-state index >= 15 is 0 Å². The Kier molecular flexibility index (Phi) is 1.78. The maximum absolute atomic E-state index is 8.99. The molecule has 88 valence electrons. The lowest BCUT2D eigenvalue weighted by atomic mass is 9.28. The van der Waals surface area contributed by atoms with Gasteiger partial charge < -0.3 is 5.21 Å². The third-order valence-electron chi connectivity index (χ3n) is 5.61. The summed E-state index contributed by atoms with van der Waals surface area (Å²) < 4.78 is 0. The average Bonchev–Trinajstić information content (AvgIpc) is 2.28. The van der Waals surface area contributed by atoms with Crippen molar-refractivity contribution in [2.75, 3.05) is 0 Å². The van der Waals surface area contributed by atoms with E-state index < -0.39 is 0 Å². The molecule has 4 rings (SSSR count). The molecule has 3 fully saturated rings. The number of benzene rings is 1. The molecule has 0 saturated heterocycles. The zero-order valence-corrected chi connectivity index (χ0v) is 9.84. The molecule has 3 saturated carbocycles. The lowest BCUT2D eigenvalue weighted by Crippen LogP contribution is -2.74. The van der Waals surface area contributed by atoms with Gasteiger partial charge in [-0.15, -0.1) is 0 Å². The summed E-state index contributed by atoms with van der Waals surface area (Å²) in [5.74, 6) is 2.47. The van der Waals surface area contributed by atoms with Gasteiger partial charge >= 0.3 is 0 Å². The van der Waals surface area contributed by atoms with Crippen molar-refractivity contribution in [3.63, 3.8) is 0 Å². The van der Waals surface area contributed by atoms with Crippen molar-refractivity contribution >= 4 is 5.71 Å². The summed E-state index contributed by atoms with van der Waals surface area (Å²) in [5, 5.41) is 12.5. The van der Waals surface area contributed by atoms with Crippen LogP contribution >= 0.6 is 0 Å². The topological polar surface area (TPSA) is 32.6 Å². The fourth-order valence-corrected chi connectivity index (χ4v) is 4.70. The van der Waals surface area contributed by atoms with Gasteiger partial charge in [0.15, 0.2) is 0 Å². The minimum atomic E-state index is 0.369. The minimum Gasteiger partial charge on any atom is -0.411 e. The molecule has 4 atom stereocenters. The first-order valence-electron chi connectivity index (χ1n) is 6.61. The zero-order chi connectivity index (χ0) is 11.5. The van der Waals surface area contributed by atoms with Crippen molar-refractivity contribution in [2.24, 2.45) is 28.3 Å². The van der Waals surface area contributed by atoms with Crippen LogP contribution in [0.1, 0.15) is 24.8 Å². The molecular formula is C15H17NO. The summed E-state index contributed by atoms with van der Waals surface area (Å²) in [4.78, 5) is 0. The maximum atomic E-state index is 8.99. The molecule has 0 aromatic heterocycles. The molecule has 3 aliphatic carbocycles. The first kappa shape index (κ1) is 9.69. The van der Waals surface area contributed by atoms with Gasteiger partial charge in [0.1, 0.15) is 0 Å². The van der Waals surface area contributed by atoms with Gasteiger partial charge in [-0.25, -0.2) is 0 Å². The van der Waals surface area contributed by atoms with E-state index in [0.29, 0.717) is 5.41 Å². The van der Waals surface area contributed by atoms with Crippen LogP contribution in [0.5, 0.6) is 0 Å². The monoisotopic (exact) mass is 227 g/mol. The number of hydrogen-bond acceptors (Lipinski definition) is 2. The quantitative estimate of drug-likeness (QED) is 0.611. The molecule has 17 heavy (non-hydrogen) atoms. The smallest absolute Gasteiger partial charge is 0.0641 e. The summed E-state index contributed by atoms with van der Waals surface area (Å²) in [6.45, 7) is 0. The van der Waals surface area contributed by atoms with Crippen LogP contribution in [-0.4, -0.2) is 10.9 Å². The highest BCUT2D eigenvalue weighted by molar-refractivity contribution is 5.99. The van der Waals surface area contributed by atoms with Crippen LogP contribution in [0, 0.1) is 23.2 Å². The van der Waals surface area contributed by atoms with Crippen LogP contribution in [0.25, 0.3) is 0 Å². The number of nitrogens with zero attached hydrogens (tertiary/aromatic N) is 1. The van der Waals surface area contributed by atoms with Crippen LogP contribution in [0.2, 0.25) is 0 Å². The van der Waals surface area contributed by atoms with Crippen molar-refractivity contribution in [1.29, 1.82) is 0 Å². The van der Waals surface area contributed by atoms with Gasteiger partial charge in [0, 0.05) is 5.41 Å². The molecule has 1 aromatic carbocycles. The van der Waals surface area contributed by atoms with E-state index in [4.69, 9.17) is 5.21 Å².